The third-order valence-corrected chi connectivity index (χ3v) is 5.41. The predicted octanol–water partition coefficient (Wildman–Crippen LogP) is 4.65. The number of carbonyl (C=O) groups excluding carboxylic acids is 1. The number of aromatic nitrogens is 3. The highest BCUT2D eigenvalue weighted by molar-refractivity contribution is 5.87. The molecule has 0 spiro atoms. The van der Waals surface area contributed by atoms with E-state index in [2.05, 4.69) is 35.4 Å². The SMILES string of the molecule is COC(=O)c1cccc(Cc2c(-c3ccccc3)nn3cc(C4CC4)ccc23)n1. The largest absolute Gasteiger partial charge is 0.464 e. The number of rotatable bonds is 5. The van der Waals surface area contributed by atoms with Crippen LogP contribution in [0.2, 0.25) is 0 Å². The average molecular weight is 383 g/mol. The molecule has 0 bridgehead atoms. The molecule has 0 aliphatic heterocycles. The number of esters is 1. The second-order valence-electron chi connectivity index (χ2n) is 7.44. The Labute approximate surface area is 169 Å². The molecule has 29 heavy (non-hydrogen) atoms. The van der Waals surface area contributed by atoms with Gasteiger partial charge in [-0.15, -0.1) is 0 Å². The molecule has 0 radical (unpaired) electrons. The quantitative estimate of drug-likeness (QED) is 0.471. The first-order chi connectivity index (χ1) is 14.2. The summed E-state index contributed by atoms with van der Waals surface area (Å²) in [5.41, 5.74) is 6.67. The second kappa shape index (κ2) is 7.17. The number of pyridine rings is 2. The number of benzene rings is 1. The molecule has 1 saturated carbocycles. The van der Waals surface area contributed by atoms with Crippen molar-refractivity contribution in [2.45, 2.75) is 25.2 Å². The molecule has 0 N–H and O–H groups in total. The summed E-state index contributed by atoms with van der Waals surface area (Å²) in [5.74, 6) is 0.245. The maximum Gasteiger partial charge on any atom is 0.356 e. The van der Waals surface area contributed by atoms with Crippen LogP contribution in [0.4, 0.5) is 0 Å². The maximum atomic E-state index is 11.9. The Kier molecular flexibility index (Phi) is 4.35. The van der Waals surface area contributed by atoms with Crippen molar-refractivity contribution in [3.63, 3.8) is 0 Å². The first kappa shape index (κ1) is 17.6. The van der Waals surface area contributed by atoms with Gasteiger partial charge in [0.25, 0.3) is 0 Å². The fraction of sp³-hybridized carbons (Fsp3) is 0.208. The number of hydrogen-bond acceptors (Lipinski definition) is 4. The number of ether oxygens (including phenoxy) is 1. The fourth-order valence-electron chi connectivity index (χ4n) is 3.75. The summed E-state index contributed by atoms with van der Waals surface area (Å²) in [6.45, 7) is 0. The lowest BCUT2D eigenvalue weighted by atomic mass is 10.0. The molecule has 1 aromatic carbocycles. The van der Waals surface area contributed by atoms with Gasteiger partial charge >= 0.3 is 5.97 Å². The van der Waals surface area contributed by atoms with Crippen molar-refractivity contribution in [1.82, 2.24) is 14.6 Å². The van der Waals surface area contributed by atoms with Gasteiger partial charge in [-0.25, -0.2) is 14.3 Å². The molecule has 0 atom stereocenters. The Morgan fingerprint density at radius 1 is 1.07 bits per heavy atom. The summed E-state index contributed by atoms with van der Waals surface area (Å²) in [6, 6.07) is 20.0. The zero-order valence-electron chi connectivity index (χ0n) is 16.2. The lowest BCUT2D eigenvalue weighted by Crippen LogP contribution is -2.06. The molecular formula is C24H21N3O2. The van der Waals surface area contributed by atoms with Crippen molar-refractivity contribution in [3.05, 3.63) is 89.4 Å². The van der Waals surface area contributed by atoms with Crippen LogP contribution in [-0.4, -0.2) is 27.7 Å². The van der Waals surface area contributed by atoms with Gasteiger partial charge < -0.3 is 4.74 Å². The van der Waals surface area contributed by atoms with E-state index in [-0.39, 0.29) is 0 Å². The monoisotopic (exact) mass is 383 g/mol. The van der Waals surface area contributed by atoms with E-state index in [0.29, 0.717) is 18.0 Å². The van der Waals surface area contributed by atoms with Gasteiger partial charge in [0.2, 0.25) is 0 Å². The Morgan fingerprint density at radius 3 is 2.66 bits per heavy atom. The zero-order chi connectivity index (χ0) is 19.8. The Morgan fingerprint density at radius 2 is 1.90 bits per heavy atom. The number of hydrogen-bond donors (Lipinski definition) is 0. The van der Waals surface area contributed by atoms with Crippen molar-refractivity contribution in [2.75, 3.05) is 7.11 Å². The molecule has 0 amide bonds. The smallest absolute Gasteiger partial charge is 0.356 e. The third kappa shape index (κ3) is 3.40. The molecule has 0 saturated heterocycles. The number of fused-ring (bicyclic) bond motifs is 1. The minimum atomic E-state index is -0.427. The van der Waals surface area contributed by atoms with Gasteiger partial charge in [-0.2, -0.15) is 5.10 Å². The minimum absolute atomic E-state index is 0.318. The highest BCUT2D eigenvalue weighted by atomic mass is 16.5. The third-order valence-electron chi connectivity index (χ3n) is 5.41. The van der Waals surface area contributed by atoms with Gasteiger partial charge in [-0.05, 0) is 42.5 Å². The van der Waals surface area contributed by atoms with Crippen LogP contribution in [0.25, 0.3) is 16.8 Å². The van der Waals surface area contributed by atoms with Crippen molar-refractivity contribution >= 4 is 11.5 Å². The van der Waals surface area contributed by atoms with Gasteiger partial charge in [-0.3, -0.25) is 0 Å². The molecule has 1 aliphatic carbocycles. The van der Waals surface area contributed by atoms with Crippen LogP contribution >= 0.6 is 0 Å². The molecule has 1 aliphatic rings. The van der Waals surface area contributed by atoms with E-state index in [4.69, 9.17) is 9.84 Å². The molecule has 3 aromatic heterocycles. The maximum absolute atomic E-state index is 11.9. The van der Waals surface area contributed by atoms with Crippen LogP contribution in [-0.2, 0) is 11.2 Å². The van der Waals surface area contributed by atoms with Gasteiger partial charge in [0.15, 0.2) is 0 Å². The lowest BCUT2D eigenvalue weighted by Gasteiger charge is -2.06. The number of methoxy groups -OCH3 is 1. The fourth-order valence-corrected chi connectivity index (χ4v) is 3.75. The second-order valence-corrected chi connectivity index (χ2v) is 7.44. The molecule has 0 unspecified atom stereocenters. The van der Waals surface area contributed by atoms with Crippen molar-refractivity contribution in [1.29, 1.82) is 0 Å². The van der Waals surface area contributed by atoms with Crippen molar-refractivity contribution < 1.29 is 9.53 Å². The summed E-state index contributed by atoms with van der Waals surface area (Å²) in [5, 5.41) is 4.92. The Bertz CT molecular complexity index is 1190. The van der Waals surface area contributed by atoms with Crippen LogP contribution in [0.1, 0.15) is 46.1 Å². The summed E-state index contributed by atoms with van der Waals surface area (Å²) in [7, 11) is 1.37. The molecular weight excluding hydrogens is 362 g/mol. The van der Waals surface area contributed by atoms with Crippen LogP contribution < -0.4 is 0 Å². The van der Waals surface area contributed by atoms with E-state index >= 15 is 0 Å². The average Bonchev–Trinajstić information content (AvgIpc) is 3.56. The van der Waals surface area contributed by atoms with Crippen molar-refractivity contribution in [3.8, 4) is 11.3 Å². The zero-order valence-corrected chi connectivity index (χ0v) is 16.2. The lowest BCUT2D eigenvalue weighted by molar-refractivity contribution is 0.0593. The van der Waals surface area contributed by atoms with Gasteiger partial charge in [0, 0.05) is 29.4 Å². The summed E-state index contributed by atoms with van der Waals surface area (Å²) in [6.07, 6.45) is 5.26. The molecule has 4 aromatic rings. The van der Waals surface area contributed by atoms with Crippen LogP contribution in [0.3, 0.4) is 0 Å². The van der Waals surface area contributed by atoms with Gasteiger partial charge in [0.05, 0.1) is 18.3 Å². The first-order valence-electron chi connectivity index (χ1n) is 9.84. The molecule has 3 heterocycles. The molecule has 5 heteroatoms. The van der Waals surface area contributed by atoms with E-state index in [1.807, 2.05) is 34.8 Å². The predicted molar refractivity (Wildman–Crippen MR) is 111 cm³/mol. The summed E-state index contributed by atoms with van der Waals surface area (Å²) < 4.78 is 6.81. The first-order valence-corrected chi connectivity index (χ1v) is 9.84. The van der Waals surface area contributed by atoms with Crippen LogP contribution in [0.15, 0.2) is 66.9 Å². The Hall–Kier alpha value is -3.47. The standard InChI is InChI=1S/C24H21N3O2/c1-29-24(28)21-9-5-8-19(25-21)14-20-22-13-12-18(16-10-11-16)15-27(22)26-23(20)17-6-3-2-4-7-17/h2-9,12-13,15-16H,10-11,14H2,1H3. The number of nitrogens with zero attached hydrogens (tertiary/aromatic N) is 3. The van der Waals surface area contributed by atoms with Gasteiger partial charge in [-0.1, -0.05) is 42.5 Å². The normalized spacial score (nSPS) is 13.6. The molecule has 144 valence electrons. The van der Waals surface area contributed by atoms with E-state index < -0.39 is 5.97 Å². The van der Waals surface area contributed by atoms with Crippen LogP contribution in [0, 0.1) is 0 Å². The Balaban J connectivity index is 1.62. The molecule has 5 nitrogen and oxygen atoms in total. The van der Waals surface area contributed by atoms with Crippen molar-refractivity contribution in [2.24, 2.45) is 0 Å². The topological polar surface area (TPSA) is 56.5 Å². The minimum Gasteiger partial charge on any atom is -0.464 e. The summed E-state index contributed by atoms with van der Waals surface area (Å²) >= 11 is 0. The molecule has 5 rings (SSSR count). The van der Waals surface area contributed by atoms with E-state index in [1.54, 1.807) is 6.07 Å². The van der Waals surface area contributed by atoms with E-state index in [1.165, 1.54) is 25.5 Å². The molecule has 1 fully saturated rings. The summed E-state index contributed by atoms with van der Waals surface area (Å²) in [4.78, 5) is 16.4. The van der Waals surface area contributed by atoms with E-state index in [9.17, 15) is 4.79 Å². The highest BCUT2D eigenvalue weighted by Crippen LogP contribution is 2.40. The number of carbonyl (C=O) groups is 1. The highest BCUT2D eigenvalue weighted by Gasteiger charge is 2.25. The van der Waals surface area contributed by atoms with Gasteiger partial charge in [0.1, 0.15) is 5.69 Å². The van der Waals surface area contributed by atoms with Crippen LogP contribution in [0.5, 0.6) is 0 Å². The van der Waals surface area contributed by atoms with E-state index in [0.717, 1.165) is 28.0 Å².